The van der Waals surface area contributed by atoms with Gasteiger partial charge in [-0.2, -0.15) is 11.8 Å². The number of carboxylic acid groups (broad SMARTS) is 1. The van der Waals surface area contributed by atoms with E-state index < -0.39 is 5.97 Å². The van der Waals surface area contributed by atoms with Gasteiger partial charge in [-0.05, 0) is 45.8 Å². The molecule has 6 nitrogen and oxygen atoms in total. The van der Waals surface area contributed by atoms with Gasteiger partial charge in [0.25, 0.3) is 0 Å². The molecule has 0 saturated carbocycles. The number of carbonyl (C=O) groups excluding carboxylic acids is 1. The third-order valence-electron chi connectivity index (χ3n) is 4.90. The van der Waals surface area contributed by atoms with Crippen LogP contribution in [0.4, 0.5) is 4.79 Å². The number of hydrogen-bond donors (Lipinski definition) is 3. The van der Waals surface area contributed by atoms with Crippen LogP contribution in [0.5, 0.6) is 0 Å². The molecular weight excluding hydrogens is 326 g/mol. The van der Waals surface area contributed by atoms with Crippen molar-refractivity contribution in [3.05, 3.63) is 0 Å². The zero-order valence-electron chi connectivity index (χ0n) is 14.6. The number of nitrogens with zero attached hydrogens (tertiary/aromatic N) is 1. The number of hydrogen-bond acceptors (Lipinski definition) is 4. The van der Waals surface area contributed by atoms with E-state index in [1.165, 1.54) is 25.7 Å². The van der Waals surface area contributed by atoms with Gasteiger partial charge in [0.05, 0.1) is 12.1 Å². The highest BCUT2D eigenvalue weighted by Crippen LogP contribution is 2.33. The van der Waals surface area contributed by atoms with Gasteiger partial charge in [0, 0.05) is 17.4 Å². The van der Waals surface area contributed by atoms with Gasteiger partial charge in [-0.25, -0.2) is 4.79 Å². The van der Waals surface area contributed by atoms with Crippen molar-refractivity contribution in [2.75, 3.05) is 25.9 Å². The molecule has 2 rings (SSSR count). The summed E-state index contributed by atoms with van der Waals surface area (Å²) in [5.41, 5.74) is 0. The molecule has 2 aliphatic rings. The second kappa shape index (κ2) is 10.1. The third kappa shape index (κ3) is 6.51. The molecule has 0 aromatic carbocycles. The molecule has 2 fully saturated rings. The van der Waals surface area contributed by atoms with E-state index in [0.717, 1.165) is 38.1 Å². The lowest BCUT2D eigenvalue weighted by Crippen LogP contribution is -2.36. The summed E-state index contributed by atoms with van der Waals surface area (Å²) in [7, 11) is 2.15. The minimum atomic E-state index is -0.692. The number of aliphatic carboxylic acids is 1. The number of fused-ring (bicyclic) bond motifs is 1. The fourth-order valence-corrected chi connectivity index (χ4v) is 5.04. The predicted molar refractivity (Wildman–Crippen MR) is 97.6 cm³/mol. The quantitative estimate of drug-likeness (QED) is 0.369. The van der Waals surface area contributed by atoms with E-state index in [4.69, 9.17) is 5.11 Å². The van der Waals surface area contributed by atoms with Gasteiger partial charge in [0.2, 0.25) is 0 Å². The van der Waals surface area contributed by atoms with Crippen LogP contribution in [-0.4, -0.2) is 65.2 Å². The summed E-state index contributed by atoms with van der Waals surface area (Å²) in [6.45, 7) is 2.17. The van der Waals surface area contributed by atoms with Crippen LogP contribution < -0.4 is 10.6 Å². The average Bonchev–Trinajstić information content (AvgIpc) is 3.06. The molecule has 2 heterocycles. The smallest absolute Gasteiger partial charge is 0.315 e. The summed E-state index contributed by atoms with van der Waals surface area (Å²) in [6.07, 6.45) is 8.02. The van der Waals surface area contributed by atoms with Crippen LogP contribution in [0.3, 0.4) is 0 Å². The number of rotatable bonds is 12. The van der Waals surface area contributed by atoms with Crippen molar-refractivity contribution in [2.24, 2.45) is 0 Å². The Hall–Kier alpha value is -0.950. The molecule has 138 valence electrons. The van der Waals surface area contributed by atoms with Crippen molar-refractivity contribution in [3.8, 4) is 0 Å². The number of thioether (sulfide) groups is 1. The third-order valence-corrected chi connectivity index (χ3v) is 6.41. The van der Waals surface area contributed by atoms with Crippen LogP contribution in [0.2, 0.25) is 0 Å². The second-order valence-corrected chi connectivity index (χ2v) is 8.25. The van der Waals surface area contributed by atoms with Crippen LogP contribution in [-0.2, 0) is 4.79 Å². The SMILES string of the molecule is CN(CCCCCC(=O)O)CCCCC[C@@H]1SC[C@@H]2NC(=O)N[C@@H]21. The van der Waals surface area contributed by atoms with Crippen molar-refractivity contribution in [2.45, 2.75) is 68.7 Å². The molecule has 2 aliphatic heterocycles. The second-order valence-electron chi connectivity index (χ2n) is 6.98. The first-order chi connectivity index (χ1) is 11.6. The van der Waals surface area contributed by atoms with E-state index in [0.29, 0.717) is 23.8 Å². The van der Waals surface area contributed by atoms with Crippen molar-refractivity contribution in [1.29, 1.82) is 0 Å². The first-order valence-corrected chi connectivity index (χ1v) is 10.2. The number of amides is 2. The number of urea groups is 1. The normalized spacial score (nSPS) is 25.6. The summed E-state index contributed by atoms with van der Waals surface area (Å²) in [6, 6.07) is 0.663. The van der Waals surface area contributed by atoms with Gasteiger partial charge in [0.1, 0.15) is 0 Å². The highest BCUT2D eigenvalue weighted by molar-refractivity contribution is 8.00. The Morgan fingerprint density at radius 3 is 2.58 bits per heavy atom. The Morgan fingerprint density at radius 1 is 1.17 bits per heavy atom. The standard InChI is InChI=1S/C17H31N3O3S/c1-20(11-7-3-5-9-15(21)22)10-6-2-4-8-14-16-13(12-24-14)18-17(23)19-16/h13-14,16H,2-12H2,1H3,(H,21,22)(H2,18,19,23)/t13-,14-,16-/m0/s1. The summed E-state index contributed by atoms with van der Waals surface area (Å²) in [5.74, 6) is 0.349. The Bertz CT molecular complexity index is 422. The molecule has 0 aromatic rings. The van der Waals surface area contributed by atoms with Gasteiger partial charge in [-0.3, -0.25) is 4.79 Å². The Morgan fingerprint density at radius 2 is 1.88 bits per heavy atom. The van der Waals surface area contributed by atoms with Crippen LogP contribution in [0.25, 0.3) is 0 Å². The summed E-state index contributed by atoms with van der Waals surface area (Å²) in [4.78, 5) is 24.1. The van der Waals surface area contributed by atoms with E-state index in [2.05, 4.69) is 22.6 Å². The Balaban J connectivity index is 1.44. The molecule has 24 heavy (non-hydrogen) atoms. The van der Waals surface area contributed by atoms with Crippen LogP contribution >= 0.6 is 11.8 Å². The first-order valence-electron chi connectivity index (χ1n) is 9.15. The maximum absolute atomic E-state index is 11.3. The lowest BCUT2D eigenvalue weighted by atomic mass is 10.0. The van der Waals surface area contributed by atoms with E-state index in [1.54, 1.807) is 0 Å². The molecule has 3 N–H and O–H groups in total. The predicted octanol–water partition coefficient (Wildman–Crippen LogP) is 2.29. The van der Waals surface area contributed by atoms with E-state index in [-0.39, 0.29) is 6.03 Å². The molecule has 2 saturated heterocycles. The van der Waals surface area contributed by atoms with Gasteiger partial charge in [0.15, 0.2) is 0 Å². The minimum absolute atomic E-state index is 0.000259. The van der Waals surface area contributed by atoms with Gasteiger partial charge in [-0.1, -0.05) is 19.3 Å². The topological polar surface area (TPSA) is 81.7 Å². The molecule has 0 unspecified atom stereocenters. The molecule has 0 aliphatic carbocycles. The molecule has 7 heteroatoms. The summed E-state index contributed by atoms with van der Waals surface area (Å²) in [5, 5.41) is 15.2. The van der Waals surface area contributed by atoms with Gasteiger partial charge < -0.3 is 20.6 Å². The zero-order valence-corrected chi connectivity index (χ0v) is 15.4. The number of unbranched alkanes of at least 4 members (excludes halogenated alkanes) is 4. The van der Waals surface area contributed by atoms with Crippen LogP contribution in [0.15, 0.2) is 0 Å². The molecular formula is C17H31N3O3S. The molecule has 2 amide bonds. The van der Waals surface area contributed by atoms with Crippen molar-refractivity contribution in [3.63, 3.8) is 0 Å². The lowest BCUT2D eigenvalue weighted by Gasteiger charge is -2.18. The molecule has 3 atom stereocenters. The molecule has 0 radical (unpaired) electrons. The van der Waals surface area contributed by atoms with E-state index in [1.807, 2.05) is 11.8 Å². The van der Waals surface area contributed by atoms with Crippen LogP contribution in [0, 0.1) is 0 Å². The highest BCUT2D eigenvalue weighted by atomic mass is 32.2. The Labute approximate surface area is 149 Å². The van der Waals surface area contributed by atoms with Crippen molar-refractivity contribution < 1.29 is 14.7 Å². The minimum Gasteiger partial charge on any atom is -0.481 e. The maximum Gasteiger partial charge on any atom is 0.315 e. The number of carbonyl (C=O) groups is 2. The van der Waals surface area contributed by atoms with E-state index >= 15 is 0 Å². The summed E-state index contributed by atoms with van der Waals surface area (Å²) >= 11 is 1.99. The lowest BCUT2D eigenvalue weighted by molar-refractivity contribution is -0.137. The zero-order chi connectivity index (χ0) is 17.4. The summed E-state index contributed by atoms with van der Waals surface area (Å²) < 4.78 is 0. The Kier molecular flexibility index (Phi) is 8.18. The largest absolute Gasteiger partial charge is 0.481 e. The monoisotopic (exact) mass is 357 g/mol. The highest BCUT2D eigenvalue weighted by Gasteiger charge is 2.42. The van der Waals surface area contributed by atoms with Crippen LogP contribution in [0.1, 0.15) is 51.4 Å². The molecule has 0 spiro atoms. The maximum atomic E-state index is 11.3. The fourth-order valence-electron chi connectivity index (χ4n) is 3.49. The number of nitrogens with one attached hydrogen (secondary N) is 2. The number of carboxylic acids is 1. The van der Waals surface area contributed by atoms with Gasteiger partial charge >= 0.3 is 12.0 Å². The van der Waals surface area contributed by atoms with Crippen molar-refractivity contribution >= 4 is 23.8 Å². The molecule has 0 bridgehead atoms. The van der Waals surface area contributed by atoms with Crippen molar-refractivity contribution in [1.82, 2.24) is 15.5 Å². The van der Waals surface area contributed by atoms with E-state index in [9.17, 15) is 9.59 Å². The fraction of sp³-hybridized carbons (Fsp3) is 0.882. The first kappa shape index (κ1) is 19.4. The van der Waals surface area contributed by atoms with Gasteiger partial charge in [-0.15, -0.1) is 0 Å². The molecule has 0 aromatic heterocycles. The average molecular weight is 358 g/mol.